The van der Waals surface area contributed by atoms with Crippen molar-refractivity contribution in [1.82, 2.24) is 10.2 Å². The Morgan fingerprint density at radius 2 is 1.56 bits per heavy atom. The van der Waals surface area contributed by atoms with E-state index >= 15 is 0 Å². The highest BCUT2D eigenvalue weighted by molar-refractivity contribution is 5.88. The van der Waals surface area contributed by atoms with E-state index in [1.807, 2.05) is 67.6 Å². The number of hydrogen-bond acceptors (Lipinski definition) is 2. The maximum absolute atomic E-state index is 13.1. The van der Waals surface area contributed by atoms with Gasteiger partial charge in [0.15, 0.2) is 0 Å². The monoisotopic (exact) mass is 366 g/mol. The minimum atomic E-state index is -0.623. The zero-order valence-electron chi connectivity index (χ0n) is 16.4. The minimum absolute atomic E-state index is 0.000785. The first kappa shape index (κ1) is 20.7. The normalized spacial score (nSPS) is 11.6. The van der Waals surface area contributed by atoms with E-state index in [0.717, 1.165) is 30.4 Å². The summed E-state index contributed by atoms with van der Waals surface area (Å²) in [6.07, 6.45) is 3.12. The predicted molar refractivity (Wildman–Crippen MR) is 109 cm³/mol. The van der Waals surface area contributed by atoms with Crippen molar-refractivity contribution in [2.24, 2.45) is 0 Å². The van der Waals surface area contributed by atoms with Gasteiger partial charge in [-0.3, -0.25) is 9.59 Å². The smallest absolute Gasteiger partial charge is 0.247 e. The fourth-order valence-electron chi connectivity index (χ4n) is 3.05. The van der Waals surface area contributed by atoms with Gasteiger partial charge in [0.25, 0.3) is 0 Å². The molecule has 0 saturated carbocycles. The number of nitrogens with one attached hydrogen (secondary N) is 1. The van der Waals surface area contributed by atoms with Gasteiger partial charge in [0.2, 0.25) is 11.8 Å². The number of nitrogens with zero attached hydrogens (tertiary/aromatic N) is 1. The summed E-state index contributed by atoms with van der Waals surface area (Å²) in [5.41, 5.74) is 1.86. The third-order valence-electron chi connectivity index (χ3n) is 4.48. The molecule has 0 heterocycles. The van der Waals surface area contributed by atoms with Gasteiger partial charge in [0, 0.05) is 19.5 Å². The zero-order chi connectivity index (χ0) is 19.5. The van der Waals surface area contributed by atoms with Crippen molar-refractivity contribution in [3.63, 3.8) is 0 Å². The SMILES string of the molecule is CCCCNC(=O)[C@H](c1ccccc1)N(Cc1ccccc1)C(=O)CCC. The second-order valence-corrected chi connectivity index (χ2v) is 6.72. The fraction of sp³-hybridized carbons (Fsp3) is 0.391. The van der Waals surface area contributed by atoms with Crippen LogP contribution in [0.1, 0.15) is 56.7 Å². The first-order valence-electron chi connectivity index (χ1n) is 9.83. The van der Waals surface area contributed by atoms with Crippen LogP contribution >= 0.6 is 0 Å². The lowest BCUT2D eigenvalue weighted by Crippen LogP contribution is -2.43. The van der Waals surface area contributed by atoms with Gasteiger partial charge in [-0.1, -0.05) is 80.9 Å². The molecule has 0 fully saturated rings. The molecule has 2 aromatic rings. The Labute approximate surface area is 162 Å². The molecule has 0 aliphatic rings. The van der Waals surface area contributed by atoms with E-state index in [9.17, 15) is 9.59 Å². The summed E-state index contributed by atoms with van der Waals surface area (Å²) in [5.74, 6) is -0.115. The maximum atomic E-state index is 13.1. The summed E-state index contributed by atoms with van der Waals surface area (Å²) in [4.78, 5) is 27.7. The molecule has 1 N–H and O–H groups in total. The molecule has 0 saturated heterocycles. The van der Waals surface area contributed by atoms with Crippen LogP contribution in [0.15, 0.2) is 60.7 Å². The lowest BCUT2D eigenvalue weighted by Gasteiger charge is -2.31. The largest absolute Gasteiger partial charge is 0.354 e. The number of rotatable bonds is 10. The first-order chi connectivity index (χ1) is 13.2. The van der Waals surface area contributed by atoms with E-state index in [4.69, 9.17) is 0 Å². The highest BCUT2D eigenvalue weighted by Gasteiger charge is 2.30. The van der Waals surface area contributed by atoms with Crippen LogP contribution in [0, 0.1) is 0 Å². The number of carbonyl (C=O) groups excluding carboxylic acids is 2. The molecule has 0 radical (unpaired) electrons. The topological polar surface area (TPSA) is 49.4 Å². The van der Waals surface area contributed by atoms with Gasteiger partial charge in [-0.05, 0) is 24.0 Å². The second kappa shape index (κ2) is 11.2. The van der Waals surface area contributed by atoms with Crippen LogP contribution < -0.4 is 5.32 Å². The van der Waals surface area contributed by atoms with Crippen LogP contribution in [0.4, 0.5) is 0 Å². The van der Waals surface area contributed by atoms with Crippen LogP contribution in [0.2, 0.25) is 0 Å². The highest BCUT2D eigenvalue weighted by atomic mass is 16.2. The molecular formula is C23H30N2O2. The van der Waals surface area contributed by atoms with Crippen LogP contribution in [0.5, 0.6) is 0 Å². The molecule has 0 aromatic heterocycles. The molecule has 4 nitrogen and oxygen atoms in total. The van der Waals surface area contributed by atoms with Crippen molar-refractivity contribution in [2.45, 2.75) is 52.1 Å². The Morgan fingerprint density at radius 3 is 2.15 bits per heavy atom. The van der Waals surface area contributed by atoms with Crippen LogP contribution in [0.3, 0.4) is 0 Å². The van der Waals surface area contributed by atoms with Gasteiger partial charge in [0.1, 0.15) is 6.04 Å². The molecule has 2 aromatic carbocycles. The molecule has 2 rings (SSSR count). The number of carbonyl (C=O) groups is 2. The lowest BCUT2D eigenvalue weighted by molar-refractivity contribution is -0.141. The third-order valence-corrected chi connectivity index (χ3v) is 4.48. The minimum Gasteiger partial charge on any atom is -0.354 e. The quantitative estimate of drug-likeness (QED) is 0.631. The first-order valence-corrected chi connectivity index (χ1v) is 9.83. The van der Waals surface area contributed by atoms with E-state index in [0.29, 0.717) is 19.5 Å². The Balaban J connectivity index is 2.35. The average molecular weight is 367 g/mol. The van der Waals surface area contributed by atoms with Crippen LogP contribution in [0.25, 0.3) is 0 Å². The Kier molecular flexibility index (Phi) is 8.56. The summed E-state index contributed by atoms with van der Waals surface area (Å²) in [6, 6.07) is 18.8. The second-order valence-electron chi connectivity index (χ2n) is 6.72. The van der Waals surface area contributed by atoms with Gasteiger partial charge < -0.3 is 10.2 Å². The molecule has 1 atom stereocenters. The Bertz CT molecular complexity index is 701. The van der Waals surface area contributed by atoms with Crippen molar-refractivity contribution in [1.29, 1.82) is 0 Å². The number of unbranched alkanes of at least 4 members (excludes halogenated alkanes) is 1. The summed E-state index contributed by atoms with van der Waals surface area (Å²) >= 11 is 0. The van der Waals surface area contributed by atoms with E-state index in [1.54, 1.807) is 4.90 Å². The molecule has 0 spiro atoms. The Hall–Kier alpha value is -2.62. The molecule has 144 valence electrons. The summed E-state index contributed by atoms with van der Waals surface area (Å²) in [7, 11) is 0. The zero-order valence-corrected chi connectivity index (χ0v) is 16.4. The molecule has 27 heavy (non-hydrogen) atoms. The predicted octanol–water partition coefficient (Wildman–Crippen LogP) is 4.47. The lowest BCUT2D eigenvalue weighted by atomic mass is 10.0. The molecule has 2 amide bonds. The average Bonchev–Trinajstić information content (AvgIpc) is 2.69. The van der Waals surface area contributed by atoms with Gasteiger partial charge in [-0.15, -0.1) is 0 Å². The number of amides is 2. The maximum Gasteiger partial charge on any atom is 0.247 e. The summed E-state index contributed by atoms with van der Waals surface area (Å²) < 4.78 is 0. The van der Waals surface area contributed by atoms with Crippen molar-refractivity contribution in [3.8, 4) is 0 Å². The van der Waals surface area contributed by atoms with Crippen LogP contribution in [-0.2, 0) is 16.1 Å². The molecule has 0 aliphatic heterocycles. The van der Waals surface area contributed by atoms with E-state index in [2.05, 4.69) is 12.2 Å². The third kappa shape index (κ3) is 6.24. The highest BCUT2D eigenvalue weighted by Crippen LogP contribution is 2.25. The van der Waals surface area contributed by atoms with Crippen LogP contribution in [-0.4, -0.2) is 23.3 Å². The molecule has 0 bridgehead atoms. The van der Waals surface area contributed by atoms with E-state index in [1.165, 1.54) is 0 Å². The molecule has 0 aliphatic carbocycles. The van der Waals surface area contributed by atoms with Gasteiger partial charge in [0.05, 0.1) is 0 Å². The molecule has 4 heteroatoms. The van der Waals surface area contributed by atoms with Crippen molar-refractivity contribution >= 4 is 11.8 Å². The van der Waals surface area contributed by atoms with Gasteiger partial charge in [-0.25, -0.2) is 0 Å². The number of hydrogen-bond donors (Lipinski definition) is 1. The van der Waals surface area contributed by atoms with Gasteiger partial charge >= 0.3 is 0 Å². The van der Waals surface area contributed by atoms with E-state index in [-0.39, 0.29) is 11.8 Å². The van der Waals surface area contributed by atoms with Crippen molar-refractivity contribution in [2.75, 3.05) is 6.54 Å². The van der Waals surface area contributed by atoms with Crippen molar-refractivity contribution < 1.29 is 9.59 Å². The molecule has 0 unspecified atom stereocenters. The standard InChI is InChI=1S/C23H30N2O2/c1-3-5-17-24-23(27)22(20-15-10-7-11-16-20)25(21(26)12-4-2)18-19-13-8-6-9-14-19/h6-11,13-16,22H,3-5,12,17-18H2,1-2H3,(H,24,27)/t22-/m0/s1. The fourth-order valence-corrected chi connectivity index (χ4v) is 3.05. The number of benzene rings is 2. The van der Waals surface area contributed by atoms with Gasteiger partial charge in [-0.2, -0.15) is 0 Å². The van der Waals surface area contributed by atoms with Crippen molar-refractivity contribution in [3.05, 3.63) is 71.8 Å². The summed E-state index contributed by atoms with van der Waals surface area (Å²) in [5, 5.41) is 3.01. The molecular weight excluding hydrogens is 336 g/mol. The summed E-state index contributed by atoms with van der Waals surface area (Å²) in [6.45, 7) is 5.12. The Morgan fingerprint density at radius 1 is 0.926 bits per heavy atom. The van der Waals surface area contributed by atoms with E-state index < -0.39 is 6.04 Å².